The van der Waals surface area contributed by atoms with Crippen LogP contribution in [0.25, 0.3) is 0 Å². The Morgan fingerprint density at radius 1 is 1.20 bits per heavy atom. The van der Waals surface area contributed by atoms with E-state index in [1.54, 1.807) is 11.3 Å². The molecule has 2 amide bonds. The van der Waals surface area contributed by atoms with E-state index in [4.69, 9.17) is 4.98 Å². The number of amides is 2. The Hall–Kier alpha value is -2.48. The zero-order chi connectivity index (χ0) is 20.7. The second-order valence-electron chi connectivity index (χ2n) is 8.52. The minimum atomic E-state index is -0.210. The zero-order valence-corrected chi connectivity index (χ0v) is 17.7. The number of hydrogen-bond acceptors (Lipinski definition) is 5. The predicted octanol–water partition coefficient (Wildman–Crippen LogP) is 2.42. The van der Waals surface area contributed by atoms with Gasteiger partial charge in [0.05, 0.1) is 24.7 Å². The fourth-order valence-electron chi connectivity index (χ4n) is 4.57. The summed E-state index contributed by atoms with van der Waals surface area (Å²) in [7, 11) is 0. The third-order valence-electron chi connectivity index (χ3n) is 6.37. The molecule has 0 bridgehead atoms. The minimum absolute atomic E-state index is 0.0769. The summed E-state index contributed by atoms with van der Waals surface area (Å²) in [5, 5.41) is 1.98. The number of aromatic amines is 1. The van der Waals surface area contributed by atoms with Gasteiger partial charge in [-0.2, -0.15) is 0 Å². The predicted molar refractivity (Wildman–Crippen MR) is 113 cm³/mol. The van der Waals surface area contributed by atoms with Gasteiger partial charge in [-0.15, -0.1) is 11.3 Å². The summed E-state index contributed by atoms with van der Waals surface area (Å²) in [6.45, 7) is 1.67. The third kappa shape index (κ3) is 3.80. The van der Waals surface area contributed by atoms with Gasteiger partial charge < -0.3 is 14.8 Å². The molecule has 8 heteroatoms. The Morgan fingerprint density at radius 3 is 2.83 bits per heavy atom. The molecule has 7 nitrogen and oxygen atoms in total. The van der Waals surface area contributed by atoms with Gasteiger partial charge >= 0.3 is 0 Å². The van der Waals surface area contributed by atoms with Crippen LogP contribution < -0.4 is 5.56 Å². The number of piperidine rings is 1. The molecule has 1 N–H and O–H groups in total. The lowest BCUT2D eigenvalue weighted by Crippen LogP contribution is -2.43. The fourth-order valence-corrected chi connectivity index (χ4v) is 5.27. The van der Waals surface area contributed by atoms with Crippen molar-refractivity contribution in [2.45, 2.75) is 57.5 Å². The van der Waals surface area contributed by atoms with E-state index in [1.165, 1.54) is 0 Å². The second-order valence-corrected chi connectivity index (χ2v) is 9.55. The molecule has 0 aromatic carbocycles. The van der Waals surface area contributed by atoms with Crippen LogP contribution in [0.2, 0.25) is 0 Å². The van der Waals surface area contributed by atoms with Crippen molar-refractivity contribution in [3.05, 3.63) is 49.8 Å². The number of aromatic nitrogens is 2. The molecular formula is C22H26N4O3S. The SMILES string of the molecule is O=C(C1CC1)N1CCc2c(nc([C@@H]3CCCCN3C(=O)Cc3cccs3)[nH]c2=O)C1. The maximum Gasteiger partial charge on any atom is 0.254 e. The van der Waals surface area contributed by atoms with E-state index in [0.29, 0.717) is 49.6 Å². The van der Waals surface area contributed by atoms with Crippen molar-refractivity contribution >= 4 is 23.2 Å². The Balaban J connectivity index is 1.40. The molecule has 2 aromatic heterocycles. The molecular weight excluding hydrogens is 400 g/mol. The quantitative estimate of drug-likeness (QED) is 0.814. The van der Waals surface area contributed by atoms with E-state index in [0.717, 1.165) is 37.0 Å². The lowest BCUT2D eigenvalue weighted by Gasteiger charge is -2.36. The number of H-pyrrole nitrogens is 1. The molecule has 2 aromatic rings. The van der Waals surface area contributed by atoms with Gasteiger partial charge in [0.15, 0.2) is 0 Å². The highest BCUT2D eigenvalue weighted by Gasteiger charge is 2.36. The van der Waals surface area contributed by atoms with Crippen molar-refractivity contribution in [3.63, 3.8) is 0 Å². The number of rotatable bonds is 4. The summed E-state index contributed by atoms with van der Waals surface area (Å²) in [6.07, 6.45) is 5.63. The van der Waals surface area contributed by atoms with Crippen molar-refractivity contribution in [1.29, 1.82) is 0 Å². The summed E-state index contributed by atoms with van der Waals surface area (Å²) in [5.41, 5.74) is 1.26. The number of carbonyl (C=O) groups is 2. The van der Waals surface area contributed by atoms with Crippen LogP contribution in [0, 0.1) is 5.92 Å². The molecule has 4 heterocycles. The fraction of sp³-hybridized carbons (Fsp3) is 0.545. The third-order valence-corrected chi connectivity index (χ3v) is 7.25. The van der Waals surface area contributed by atoms with Crippen LogP contribution in [0.5, 0.6) is 0 Å². The molecule has 0 radical (unpaired) electrons. The standard InChI is InChI=1S/C22H26N4O3S/c27-19(12-15-4-3-11-30-15)26-9-2-1-5-18(26)20-23-17-13-25(22(29)14-6-7-14)10-8-16(17)21(28)24-20/h3-4,11,14,18H,1-2,5-10,12-13H2,(H,23,24,28)/t18-/m0/s1. The average molecular weight is 427 g/mol. The van der Waals surface area contributed by atoms with Crippen LogP contribution in [0.3, 0.4) is 0 Å². The average Bonchev–Trinajstić information content (AvgIpc) is 3.49. The first-order valence-electron chi connectivity index (χ1n) is 10.8. The van der Waals surface area contributed by atoms with Gasteiger partial charge in [0.1, 0.15) is 5.82 Å². The van der Waals surface area contributed by atoms with Gasteiger partial charge in [-0.3, -0.25) is 14.4 Å². The van der Waals surface area contributed by atoms with Crippen LogP contribution in [0.1, 0.15) is 60.1 Å². The zero-order valence-electron chi connectivity index (χ0n) is 16.9. The van der Waals surface area contributed by atoms with Crippen molar-refractivity contribution in [2.24, 2.45) is 5.92 Å². The maximum atomic E-state index is 13.0. The molecule has 30 heavy (non-hydrogen) atoms. The van der Waals surface area contributed by atoms with Gasteiger partial charge in [0.2, 0.25) is 11.8 Å². The molecule has 158 valence electrons. The first kappa shape index (κ1) is 19.5. The highest BCUT2D eigenvalue weighted by atomic mass is 32.1. The minimum Gasteiger partial charge on any atom is -0.336 e. The number of hydrogen-bond donors (Lipinski definition) is 1. The highest BCUT2D eigenvalue weighted by molar-refractivity contribution is 7.10. The molecule has 1 saturated carbocycles. The van der Waals surface area contributed by atoms with Gasteiger partial charge in [-0.05, 0) is 50.0 Å². The largest absolute Gasteiger partial charge is 0.336 e. The van der Waals surface area contributed by atoms with Crippen LogP contribution in [-0.2, 0) is 29.0 Å². The maximum absolute atomic E-state index is 13.0. The van der Waals surface area contributed by atoms with E-state index in [1.807, 2.05) is 27.3 Å². The van der Waals surface area contributed by atoms with Crippen molar-refractivity contribution in [3.8, 4) is 0 Å². The monoisotopic (exact) mass is 426 g/mol. The normalized spacial score (nSPS) is 21.4. The van der Waals surface area contributed by atoms with Gasteiger partial charge in [-0.25, -0.2) is 4.98 Å². The van der Waals surface area contributed by atoms with E-state index in [9.17, 15) is 14.4 Å². The number of fused-ring (bicyclic) bond motifs is 1. The van der Waals surface area contributed by atoms with Crippen LogP contribution in [0.4, 0.5) is 0 Å². The number of nitrogens with one attached hydrogen (secondary N) is 1. The highest BCUT2D eigenvalue weighted by Crippen LogP contribution is 2.33. The molecule has 2 aliphatic heterocycles. The lowest BCUT2D eigenvalue weighted by molar-refractivity contribution is -0.134. The van der Waals surface area contributed by atoms with Crippen LogP contribution >= 0.6 is 11.3 Å². The molecule has 0 spiro atoms. The number of carbonyl (C=O) groups excluding carboxylic acids is 2. The molecule has 1 aliphatic carbocycles. The van der Waals surface area contributed by atoms with E-state index in [2.05, 4.69) is 4.98 Å². The summed E-state index contributed by atoms with van der Waals surface area (Å²) in [5.74, 6) is 0.998. The summed E-state index contributed by atoms with van der Waals surface area (Å²) >= 11 is 1.59. The molecule has 3 aliphatic rings. The summed E-state index contributed by atoms with van der Waals surface area (Å²) in [4.78, 5) is 50.8. The van der Waals surface area contributed by atoms with E-state index in [-0.39, 0.29) is 29.3 Å². The van der Waals surface area contributed by atoms with E-state index >= 15 is 0 Å². The van der Waals surface area contributed by atoms with Gasteiger partial charge in [0.25, 0.3) is 5.56 Å². The number of thiophene rings is 1. The molecule has 2 fully saturated rings. The Bertz CT molecular complexity index is 1010. The smallest absolute Gasteiger partial charge is 0.254 e. The second kappa shape index (κ2) is 7.98. The van der Waals surface area contributed by atoms with Gasteiger partial charge in [0, 0.05) is 29.4 Å². The molecule has 5 rings (SSSR count). The van der Waals surface area contributed by atoms with Crippen LogP contribution in [0.15, 0.2) is 22.3 Å². The van der Waals surface area contributed by atoms with Crippen LogP contribution in [-0.4, -0.2) is 44.7 Å². The number of nitrogens with zero attached hydrogens (tertiary/aromatic N) is 3. The Kier molecular flexibility index (Phi) is 5.18. The molecule has 0 unspecified atom stereocenters. The Morgan fingerprint density at radius 2 is 2.07 bits per heavy atom. The van der Waals surface area contributed by atoms with E-state index < -0.39 is 0 Å². The lowest BCUT2D eigenvalue weighted by atomic mass is 9.99. The first-order chi connectivity index (χ1) is 14.6. The first-order valence-corrected chi connectivity index (χ1v) is 11.7. The number of likely N-dealkylation sites (tertiary alicyclic amines) is 1. The Labute approximate surface area is 179 Å². The molecule has 1 atom stereocenters. The van der Waals surface area contributed by atoms with Crippen molar-refractivity contribution in [2.75, 3.05) is 13.1 Å². The topological polar surface area (TPSA) is 86.4 Å². The molecule has 1 saturated heterocycles. The van der Waals surface area contributed by atoms with Crippen molar-refractivity contribution < 1.29 is 9.59 Å². The summed E-state index contributed by atoms with van der Waals surface area (Å²) < 4.78 is 0. The summed E-state index contributed by atoms with van der Waals surface area (Å²) in [6, 6.07) is 3.73. The van der Waals surface area contributed by atoms with Crippen molar-refractivity contribution in [1.82, 2.24) is 19.8 Å². The van der Waals surface area contributed by atoms with Gasteiger partial charge in [-0.1, -0.05) is 6.07 Å².